The minimum absolute atomic E-state index is 0.347. The molecule has 0 aliphatic heterocycles. The normalized spacial score (nSPS) is 10.0. The van der Waals surface area contributed by atoms with E-state index in [-0.39, 0.29) is 5.97 Å². The maximum absolute atomic E-state index is 11.4. The molecule has 0 heterocycles. The summed E-state index contributed by atoms with van der Waals surface area (Å²) in [4.78, 5) is 11.4. The van der Waals surface area contributed by atoms with Crippen LogP contribution >= 0.6 is 50.1 Å². The molecule has 1 rings (SSSR count). The minimum atomic E-state index is -0.347. The van der Waals surface area contributed by atoms with Gasteiger partial charge in [-0.15, -0.1) is 0 Å². The van der Waals surface area contributed by atoms with Crippen LogP contribution in [-0.2, 0) is 4.74 Å². The molecule has 0 fully saturated rings. The van der Waals surface area contributed by atoms with Gasteiger partial charge in [0, 0.05) is 8.04 Å². The molecule has 76 valence electrons. The first-order valence-electron chi connectivity index (χ1n) is 3.88. The summed E-state index contributed by atoms with van der Waals surface area (Å²) in [7, 11) is 0. The molecule has 0 saturated carbocycles. The lowest BCUT2D eigenvalue weighted by atomic mass is 10.2. The molecule has 0 bridgehead atoms. The summed E-state index contributed by atoms with van der Waals surface area (Å²) < 4.78 is 6.55. The SMILES string of the molecule is CCOC(=O)c1cc(Cl)c(Br)c(I)c1. The van der Waals surface area contributed by atoms with E-state index < -0.39 is 0 Å². The molecule has 0 spiro atoms. The third kappa shape index (κ3) is 2.84. The first-order valence-corrected chi connectivity index (χ1v) is 6.13. The number of halogens is 3. The molecule has 14 heavy (non-hydrogen) atoms. The summed E-state index contributed by atoms with van der Waals surface area (Å²) in [6, 6.07) is 3.32. The standard InChI is InChI=1S/C9H7BrClIO2/c1-2-14-9(13)5-3-6(11)8(10)7(12)4-5/h3-4H,2H2,1H3. The van der Waals surface area contributed by atoms with Gasteiger partial charge < -0.3 is 4.74 Å². The van der Waals surface area contributed by atoms with E-state index in [9.17, 15) is 4.79 Å². The van der Waals surface area contributed by atoms with Gasteiger partial charge in [0.25, 0.3) is 0 Å². The second kappa shape index (κ2) is 5.32. The lowest BCUT2D eigenvalue weighted by Gasteiger charge is -2.05. The van der Waals surface area contributed by atoms with Crippen molar-refractivity contribution in [2.45, 2.75) is 6.92 Å². The van der Waals surface area contributed by atoms with Crippen LogP contribution < -0.4 is 0 Å². The minimum Gasteiger partial charge on any atom is -0.462 e. The molecule has 0 radical (unpaired) electrons. The molecule has 5 heteroatoms. The Labute approximate surface area is 109 Å². The monoisotopic (exact) mass is 388 g/mol. The van der Waals surface area contributed by atoms with Crippen molar-refractivity contribution in [3.63, 3.8) is 0 Å². The Balaban J connectivity index is 3.06. The van der Waals surface area contributed by atoms with Crippen LogP contribution in [0.2, 0.25) is 5.02 Å². The van der Waals surface area contributed by atoms with Crippen LogP contribution in [0.3, 0.4) is 0 Å². The number of rotatable bonds is 2. The van der Waals surface area contributed by atoms with Gasteiger partial charge >= 0.3 is 5.97 Å². The van der Waals surface area contributed by atoms with E-state index in [1.165, 1.54) is 0 Å². The van der Waals surface area contributed by atoms with Gasteiger partial charge in [-0.3, -0.25) is 0 Å². The molecule has 0 aromatic heterocycles. The van der Waals surface area contributed by atoms with Gasteiger partial charge in [-0.2, -0.15) is 0 Å². The smallest absolute Gasteiger partial charge is 0.338 e. The van der Waals surface area contributed by atoms with Crippen LogP contribution in [-0.4, -0.2) is 12.6 Å². The van der Waals surface area contributed by atoms with Crippen LogP contribution in [0.25, 0.3) is 0 Å². The third-order valence-corrected chi connectivity index (χ3v) is 4.47. The van der Waals surface area contributed by atoms with Crippen molar-refractivity contribution >= 4 is 56.1 Å². The molecule has 0 amide bonds. The number of esters is 1. The Morgan fingerprint density at radius 1 is 1.64 bits per heavy atom. The molecule has 1 aromatic rings. The van der Waals surface area contributed by atoms with Crippen molar-refractivity contribution in [1.29, 1.82) is 0 Å². The molecule has 0 saturated heterocycles. The summed E-state index contributed by atoms with van der Waals surface area (Å²) >= 11 is 11.3. The van der Waals surface area contributed by atoms with Crippen molar-refractivity contribution in [3.8, 4) is 0 Å². The number of hydrogen-bond donors (Lipinski definition) is 0. The Hall–Kier alpha value is 0.190. The number of ether oxygens (including phenoxy) is 1. The molecule has 0 atom stereocenters. The molecule has 0 N–H and O–H groups in total. The molecular weight excluding hydrogens is 382 g/mol. The number of carbonyl (C=O) groups is 1. The fraction of sp³-hybridized carbons (Fsp3) is 0.222. The lowest BCUT2D eigenvalue weighted by molar-refractivity contribution is 0.0526. The number of hydrogen-bond acceptors (Lipinski definition) is 2. The highest BCUT2D eigenvalue weighted by atomic mass is 127. The predicted octanol–water partition coefficient (Wildman–Crippen LogP) is 3.88. The Bertz CT molecular complexity index is 345. The van der Waals surface area contributed by atoms with Crippen molar-refractivity contribution in [2.24, 2.45) is 0 Å². The van der Waals surface area contributed by atoms with Crippen LogP contribution in [0.5, 0.6) is 0 Å². The van der Waals surface area contributed by atoms with E-state index >= 15 is 0 Å². The summed E-state index contributed by atoms with van der Waals surface area (Å²) in [6.07, 6.45) is 0. The second-order valence-electron chi connectivity index (χ2n) is 2.47. The Morgan fingerprint density at radius 2 is 2.29 bits per heavy atom. The molecule has 2 nitrogen and oxygen atoms in total. The zero-order valence-electron chi connectivity index (χ0n) is 7.31. The van der Waals surface area contributed by atoms with E-state index in [1.807, 2.05) is 0 Å². The third-order valence-electron chi connectivity index (χ3n) is 1.49. The summed E-state index contributed by atoms with van der Waals surface area (Å²) in [5.74, 6) is -0.347. The van der Waals surface area contributed by atoms with E-state index in [0.29, 0.717) is 17.2 Å². The van der Waals surface area contributed by atoms with Gasteiger partial charge in [0.2, 0.25) is 0 Å². The molecule has 0 aliphatic carbocycles. The average Bonchev–Trinajstić information content (AvgIpc) is 2.13. The van der Waals surface area contributed by atoms with Crippen LogP contribution in [0.1, 0.15) is 17.3 Å². The van der Waals surface area contributed by atoms with E-state index in [2.05, 4.69) is 38.5 Å². The highest BCUT2D eigenvalue weighted by Crippen LogP contribution is 2.29. The van der Waals surface area contributed by atoms with E-state index in [4.69, 9.17) is 16.3 Å². The van der Waals surface area contributed by atoms with Crippen molar-refractivity contribution in [2.75, 3.05) is 6.61 Å². The summed E-state index contributed by atoms with van der Waals surface area (Å²) in [5.41, 5.74) is 0.476. The van der Waals surface area contributed by atoms with Crippen molar-refractivity contribution < 1.29 is 9.53 Å². The maximum atomic E-state index is 11.4. The lowest BCUT2D eigenvalue weighted by Crippen LogP contribution is -2.05. The van der Waals surface area contributed by atoms with Gasteiger partial charge in [0.1, 0.15) is 0 Å². The van der Waals surface area contributed by atoms with Crippen molar-refractivity contribution in [3.05, 3.63) is 30.8 Å². The summed E-state index contributed by atoms with van der Waals surface area (Å²) in [5, 5.41) is 0.514. The first kappa shape index (κ1) is 12.3. The molecule has 0 unspecified atom stereocenters. The number of carbonyl (C=O) groups excluding carboxylic acids is 1. The van der Waals surface area contributed by atoms with Crippen LogP contribution in [0, 0.1) is 3.57 Å². The van der Waals surface area contributed by atoms with Gasteiger partial charge in [-0.1, -0.05) is 11.6 Å². The van der Waals surface area contributed by atoms with Crippen LogP contribution in [0.4, 0.5) is 0 Å². The second-order valence-corrected chi connectivity index (χ2v) is 4.84. The molecule has 1 aromatic carbocycles. The average molecular weight is 389 g/mol. The predicted molar refractivity (Wildman–Crippen MR) is 67.8 cm³/mol. The topological polar surface area (TPSA) is 26.3 Å². The van der Waals surface area contributed by atoms with Gasteiger partial charge in [-0.25, -0.2) is 4.79 Å². The fourth-order valence-electron chi connectivity index (χ4n) is 0.888. The van der Waals surface area contributed by atoms with Gasteiger partial charge in [-0.05, 0) is 57.6 Å². The van der Waals surface area contributed by atoms with Crippen molar-refractivity contribution in [1.82, 2.24) is 0 Å². The fourth-order valence-corrected chi connectivity index (χ4v) is 2.12. The molecular formula is C9H7BrClIO2. The van der Waals surface area contributed by atoms with Gasteiger partial charge in [0.05, 0.1) is 17.2 Å². The largest absolute Gasteiger partial charge is 0.462 e. The number of benzene rings is 1. The van der Waals surface area contributed by atoms with Gasteiger partial charge in [0.15, 0.2) is 0 Å². The summed E-state index contributed by atoms with van der Waals surface area (Å²) in [6.45, 7) is 2.13. The van der Waals surface area contributed by atoms with E-state index in [1.54, 1.807) is 19.1 Å². The Morgan fingerprint density at radius 3 is 2.79 bits per heavy atom. The maximum Gasteiger partial charge on any atom is 0.338 e. The zero-order valence-corrected chi connectivity index (χ0v) is 11.8. The highest BCUT2D eigenvalue weighted by Gasteiger charge is 2.11. The molecule has 0 aliphatic rings. The zero-order chi connectivity index (χ0) is 10.7. The highest BCUT2D eigenvalue weighted by molar-refractivity contribution is 14.1. The Kier molecular flexibility index (Phi) is 4.66. The van der Waals surface area contributed by atoms with Crippen LogP contribution in [0.15, 0.2) is 16.6 Å². The van der Waals surface area contributed by atoms with E-state index in [0.717, 1.165) is 8.04 Å². The quantitative estimate of drug-likeness (QED) is 0.436. The first-order chi connectivity index (χ1) is 6.56.